The number of benzene rings is 1. The summed E-state index contributed by atoms with van der Waals surface area (Å²) in [6, 6.07) is 8.71. The van der Waals surface area contributed by atoms with Crippen molar-refractivity contribution in [1.29, 1.82) is 0 Å². The number of ether oxygens (including phenoxy) is 1. The number of piperidine rings is 1. The lowest BCUT2D eigenvalue weighted by atomic mass is 9.96. The van der Waals surface area contributed by atoms with Crippen LogP contribution in [-0.4, -0.2) is 31.1 Å². The van der Waals surface area contributed by atoms with E-state index >= 15 is 0 Å². The lowest BCUT2D eigenvalue weighted by molar-refractivity contribution is 0.133. The highest BCUT2D eigenvalue weighted by atomic mass is 16.5. The van der Waals surface area contributed by atoms with Gasteiger partial charge < -0.3 is 10.5 Å². The molecule has 0 aliphatic carbocycles. The molecular weight excluding hydrogens is 236 g/mol. The molecule has 0 spiro atoms. The molecule has 1 aromatic carbocycles. The third-order valence-electron chi connectivity index (χ3n) is 3.91. The van der Waals surface area contributed by atoms with E-state index in [1.807, 2.05) is 13.0 Å². The molecule has 3 nitrogen and oxygen atoms in total. The van der Waals surface area contributed by atoms with Gasteiger partial charge in [-0.15, -0.1) is 0 Å². The molecule has 0 saturated carbocycles. The van der Waals surface area contributed by atoms with Gasteiger partial charge in [0.2, 0.25) is 0 Å². The van der Waals surface area contributed by atoms with Crippen molar-refractivity contribution < 1.29 is 4.74 Å². The summed E-state index contributed by atoms with van der Waals surface area (Å²) in [6.45, 7) is 8.03. The van der Waals surface area contributed by atoms with Gasteiger partial charge in [-0.25, -0.2) is 0 Å². The summed E-state index contributed by atoms with van der Waals surface area (Å²) in [5, 5.41) is 0. The molecule has 2 N–H and O–H groups in total. The highest BCUT2D eigenvalue weighted by Gasteiger charge is 2.24. The third kappa shape index (κ3) is 3.71. The quantitative estimate of drug-likeness (QED) is 0.887. The highest BCUT2D eigenvalue weighted by Crippen LogP contribution is 2.28. The van der Waals surface area contributed by atoms with Gasteiger partial charge in [0.1, 0.15) is 5.75 Å². The number of hydrogen-bond acceptors (Lipinski definition) is 3. The molecule has 1 heterocycles. The number of likely N-dealkylation sites (tertiary alicyclic amines) is 1. The van der Waals surface area contributed by atoms with Crippen LogP contribution < -0.4 is 10.5 Å². The van der Waals surface area contributed by atoms with E-state index in [1.165, 1.54) is 18.4 Å². The minimum Gasteiger partial charge on any atom is -0.494 e. The molecule has 0 radical (unpaired) electrons. The van der Waals surface area contributed by atoms with Gasteiger partial charge in [-0.05, 0) is 49.9 Å². The molecule has 2 atom stereocenters. The average Bonchev–Trinajstić information content (AvgIpc) is 2.41. The number of nitrogens with zero attached hydrogens (tertiary/aromatic N) is 1. The van der Waals surface area contributed by atoms with E-state index in [-0.39, 0.29) is 0 Å². The van der Waals surface area contributed by atoms with E-state index in [0.29, 0.717) is 19.2 Å². The topological polar surface area (TPSA) is 38.5 Å². The Morgan fingerprint density at radius 3 is 3.00 bits per heavy atom. The second kappa shape index (κ2) is 6.92. The van der Waals surface area contributed by atoms with Crippen LogP contribution >= 0.6 is 0 Å². The minimum absolute atomic E-state index is 0.322. The van der Waals surface area contributed by atoms with E-state index in [2.05, 4.69) is 30.0 Å². The van der Waals surface area contributed by atoms with Crippen LogP contribution in [0.5, 0.6) is 5.75 Å². The zero-order valence-corrected chi connectivity index (χ0v) is 12.1. The fraction of sp³-hybridized carbons (Fsp3) is 0.625. The zero-order chi connectivity index (χ0) is 13.7. The normalized spacial score (nSPS) is 22.2. The minimum atomic E-state index is 0.322. The van der Waals surface area contributed by atoms with Gasteiger partial charge in [0, 0.05) is 19.1 Å². The first kappa shape index (κ1) is 14.4. The van der Waals surface area contributed by atoms with Crippen LogP contribution in [0.25, 0.3) is 0 Å². The molecule has 1 aromatic rings. The molecule has 1 aliphatic rings. The van der Waals surface area contributed by atoms with Crippen molar-refractivity contribution in [2.45, 2.75) is 32.7 Å². The number of nitrogens with two attached hydrogens (primary N) is 1. The van der Waals surface area contributed by atoms with Crippen molar-refractivity contribution in [3.05, 3.63) is 29.8 Å². The van der Waals surface area contributed by atoms with E-state index < -0.39 is 0 Å². The number of rotatable bonds is 5. The van der Waals surface area contributed by atoms with E-state index in [0.717, 1.165) is 24.8 Å². The van der Waals surface area contributed by atoms with Crippen LogP contribution in [0.2, 0.25) is 0 Å². The van der Waals surface area contributed by atoms with Crippen molar-refractivity contribution in [3.63, 3.8) is 0 Å². The summed E-state index contributed by atoms with van der Waals surface area (Å²) in [5.41, 5.74) is 7.30. The maximum atomic E-state index is 6.02. The van der Waals surface area contributed by atoms with Crippen LogP contribution in [0.15, 0.2) is 24.3 Å². The Balaban J connectivity index is 2.13. The summed E-state index contributed by atoms with van der Waals surface area (Å²) >= 11 is 0. The Labute approximate surface area is 116 Å². The average molecular weight is 262 g/mol. The third-order valence-corrected chi connectivity index (χ3v) is 3.91. The molecule has 19 heavy (non-hydrogen) atoms. The van der Waals surface area contributed by atoms with Gasteiger partial charge in [-0.1, -0.05) is 19.1 Å². The second-order valence-electron chi connectivity index (χ2n) is 5.50. The van der Waals surface area contributed by atoms with Crippen molar-refractivity contribution in [2.75, 3.05) is 26.2 Å². The van der Waals surface area contributed by atoms with E-state index in [9.17, 15) is 0 Å². The van der Waals surface area contributed by atoms with Crippen molar-refractivity contribution in [1.82, 2.24) is 4.90 Å². The molecule has 106 valence electrons. The molecule has 3 heteroatoms. The molecule has 0 amide bonds. The largest absolute Gasteiger partial charge is 0.494 e. The van der Waals surface area contributed by atoms with Crippen LogP contribution in [-0.2, 0) is 0 Å². The first-order chi connectivity index (χ1) is 9.24. The first-order valence-corrected chi connectivity index (χ1v) is 7.41. The number of hydrogen-bond donors (Lipinski definition) is 1. The van der Waals surface area contributed by atoms with Gasteiger partial charge in [0.05, 0.1) is 6.61 Å². The van der Waals surface area contributed by atoms with Crippen molar-refractivity contribution in [2.24, 2.45) is 11.7 Å². The highest BCUT2D eigenvalue weighted by molar-refractivity contribution is 5.31. The van der Waals surface area contributed by atoms with Gasteiger partial charge in [-0.2, -0.15) is 0 Å². The lowest BCUT2D eigenvalue weighted by Crippen LogP contribution is -2.40. The second-order valence-corrected chi connectivity index (χ2v) is 5.50. The molecule has 1 saturated heterocycles. The van der Waals surface area contributed by atoms with Gasteiger partial charge in [0.15, 0.2) is 0 Å². The van der Waals surface area contributed by atoms with Crippen LogP contribution in [0.4, 0.5) is 0 Å². The van der Waals surface area contributed by atoms with Crippen LogP contribution in [0, 0.1) is 5.92 Å². The standard InChI is InChI=1S/C16H26N2O/c1-3-19-15-8-4-7-14(10-15)16(11-17)18-9-5-6-13(2)12-18/h4,7-8,10,13,16H,3,5-6,9,11-12,17H2,1-2H3. The molecule has 2 rings (SSSR count). The van der Waals surface area contributed by atoms with Crippen LogP contribution in [0.3, 0.4) is 0 Å². The predicted molar refractivity (Wildman–Crippen MR) is 79.4 cm³/mol. The van der Waals surface area contributed by atoms with E-state index in [4.69, 9.17) is 10.5 Å². The maximum absolute atomic E-state index is 6.02. The molecular formula is C16H26N2O. The summed E-state index contributed by atoms with van der Waals surface area (Å²) in [4.78, 5) is 2.53. The van der Waals surface area contributed by atoms with Crippen LogP contribution in [0.1, 0.15) is 38.3 Å². The summed E-state index contributed by atoms with van der Waals surface area (Å²) in [7, 11) is 0. The summed E-state index contributed by atoms with van der Waals surface area (Å²) in [5.74, 6) is 1.72. The molecule has 0 aromatic heterocycles. The molecule has 1 aliphatic heterocycles. The molecule has 1 fully saturated rings. The Morgan fingerprint density at radius 1 is 1.47 bits per heavy atom. The fourth-order valence-corrected chi connectivity index (χ4v) is 2.98. The van der Waals surface area contributed by atoms with E-state index in [1.54, 1.807) is 0 Å². The fourth-order valence-electron chi connectivity index (χ4n) is 2.98. The van der Waals surface area contributed by atoms with Gasteiger partial charge in [0.25, 0.3) is 0 Å². The molecule has 2 unspecified atom stereocenters. The smallest absolute Gasteiger partial charge is 0.119 e. The lowest BCUT2D eigenvalue weighted by Gasteiger charge is -2.37. The van der Waals surface area contributed by atoms with Gasteiger partial charge in [-0.3, -0.25) is 4.90 Å². The Bertz CT molecular complexity index is 394. The van der Waals surface area contributed by atoms with Crippen molar-refractivity contribution >= 4 is 0 Å². The predicted octanol–water partition coefficient (Wildman–Crippen LogP) is 2.82. The zero-order valence-electron chi connectivity index (χ0n) is 12.1. The SMILES string of the molecule is CCOc1cccc(C(CN)N2CCCC(C)C2)c1. The Kier molecular flexibility index (Phi) is 5.23. The Hall–Kier alpha value is -1.06. The first-order valence-electron chi connectivity index (χ1n) is 7.41. The molecule has 0 bridgehead atoms. The maximum Gasteiger partial charge on any atom is 0.119 e. The Morgan fingerprint density at radius 2 is 2.32 bits per heavy atom. The van der Waals surface area contributed by atoms with Gasteiger partial charge >= 0.3 is 0 Å². The van der Waals surface area contributed by atoms with Crippen molar-refractivity contribution in [3.8, 4) is 5.75 Å². The summed E-state index contributed by atoms with van der Waals surface area (Å²) < 4.78 is 5.59. The monoisotopic (exact) mass is 262 g/mol. The summed E-state index contributed by atoms with van der Waals surface area (Å²) in [6.07, 6.45) is 2.62.